The van der Waals surface area contributed by atoms with Crippen molar-refractivity contribution in [3.8, 4) is 5.75 Å². The highest BCUT2D eigenvalue weighted by molar-refractivity contribution is 5.31. The zero-order chi connectivity index (χ0) is 10.9. The fourth-order valence-corrected chi connectivity index (χ4v) is 1.40. The van der Waals surface area contributed by atoms with E-state index in [0.29, 0.717) is 0 Å². The van der Waals surface area contributed by atoms with E-state index in [-0.39, 0.29) is 0 Å². The van der Waals surface area contributed by atoms with Crippen LogP contribution in [0.3, 0.4) is 0 Å². The molecule has 1 N–H and O–H groups in total. The largest absolute Gasteiger partial charge is 0.493 e. The Morgan fingerprint density at radius 2 is 2.00 bits per heavy atom. The lowest BCUT2D eigenvalue weighted by Crippen LogP contribution is -2.18. The Morgan fingerprint density at radius 3 is 2.73 bits per heavy atom. The first-order valence-electron chi connectivity index (χ1n) is 5.73. The first-order chi connectivity index (χ1) is 7.34. The Morgan fingerprint density at radius 1 is 1.20 bits per heavy atom. The molecule has 0 atom stereocenters. The van der Waals surface area contributed by atoms with Gasteiger partial charge in [-0.25, -0.2) is 0 Å². The molecule has 0 unspecified atom stereocenters. The van der Waals surface area contributed by atoms with Gasteiger partial charge in [-0.3, -0.25) is 0 Å². The van der Waals surface area contributed by atoms with Gasteiger partial charge in [0.05, 0.1) is 6.61 Å². The molecule has 2 heteroatoms. The highest BCUT2D eigenvalue weighted by Gasteiger charge is 1.96. The smallest absolute Gasteiger partial charge is 0.122 e. The van der Waals surface area contributed by atoms with Crippen molar-refractivity contribution in [2.45, 2.75) is 26.7 Å². The minimum Gasteiger partial charge on any atom is -0.493 e. The number of ether oxygens (including phenoxy) is 1. The molecule has 2 nitrogen and oxygen atoms in total. The minimum atomic E-state index is 0.793. The summed E-state index contributed by atoms with van der Waals surface area (Å²) in [5, 5.41) is 3.36. The monoisotopic (exact) mass is 207 g/mol. The summed E-state index contributed by atoms with van der Waals surface area (Å²) in [4.78, 5) is 0. The average Bonchev–Trinajstić information content (AvgIpc) is 2.25. The Kier molecular flexibility index (Phi) is 5.86. The van der Waals surface area contributed by atoms with Gasteiger partial charge in [0, 0.05) is 0 Å². The van der Waals surface area contributed by atoms with Crippen molar-refractivity contribution in [1.29, 1.82) is 0 Å². The van der Waals surface area contributed by atoms with Crippen LogP contribution in [0.25, 0.3) is 0 Å². The molecule has 15 heavy (non-hydrogen) atoms. The number of nitrogens with one attached hydrogen (secondary N) is 1. The second-order valence-corrected chi connectivity index (χ2v) is 3.72. The summed E-state index contributed by atoms with van der Waals surface area (Å²) in [6.45, 7) is 7.19. The Balaban J connectivity index is 2.12. The highest BCUT2D eigenvalue weighted by atomic mass is 16.5. The SMILES string of the molecule is CCCNCCCOc1ccccc1C. The van der Waals surface area contributed by atoms with Gasteiger partial charge in [-0.15, -0.1) is 0 Å². The molecule has 0 aromatic heterocycles. The molecule has 0 aliphatic carbocycles. The van der Waals surface area contributed by atoms with Crippen LogP contribution in [0.4, 0.5) is 0 Å². The number of para-hydroxylation sites is 1. The molecule has 0 saturated carbocycles. The van der Waals surface area contributed by atoms with Crippen molar-refractivity contribution < 1.29 is 4.74 Å². The summed E-state index contributed by atoms with van der Waals surface area (Å²) in [7, 11) is 0. The van der Waals surface area contributed by atoms with Crippen LogP contribution in [0.15, 0.2) is 24.3 Å². The van der Waals surface area contributed by atoms with Crippen molar-refractivity contribution in [3.63, 3.8) is 0 Å². The molecule has 0 heterocycles. The predicted octanol–water partition coefficient (Wildman–Crippen LogP) is 2.76. The van der Waals surface area contributed by atoms with Crippen LogP contribution in [0.5, 0.6) is 5.75 Å². The third-order valence-corrected chi connectivity index (χ3v) is 2.28. The molecule has 1 aromatic carbocycles. The van der Waals surface area contributed by atoms with Crippen LogP contribution in [0, 0.1) is 6.92 Å². The van der Waals surface area contributed by atoms with Crippen LogP contribution in [0.2, 0.25) is 0 Å². The summed E-state index contributed by atoms with van der Waals surface area (Å²) in [5.41, 5.74) is 1.21. The maximum Gasteiger partial charge on any atom is 0.122 e. The van der Waals surface area contributed by atoms with E-state index >= 15 is 0 Å². The Hall–Kier alpha value is -1.02. The number of rotatable bonds is 7. The van der Waals surface area contributed by atoms with E-state index in [9.17, 15) is 0 Å². The molecular formula is C13H21NO. The lowest BCUT2D eigenvalue weighted by Gasteiger charge is -2.08. The predicted molar refractivity (Wildman–Crippen MR) is 64.5 cm³/mol. The first-order valence-corrected chi connectivity index (χ1v) is 5.73. The van der Waals surface area contributed by atoms with Gasteiger partial charge >= 0.3 is 0 Å². The molecule has 0 amide bonds. The number of hydrogen-bond acceptors (Lipinski definition) is 2. The van der Waals surface area contributed by atoms with Gasteiger partial charge in [-0.05, 0) is 44.5 Å². The molecule has 1 aromatic rings. The minimum absolute atomic E-state index is 0.793. The molecule has 0 bridgehead atoms. The third-order valence-electron chi connectivity index (χ3n) is 2.28. The summed E-state index contributed by atoms with van der Waals surface area (Å²) in [6, 6.07) is 8.14. The van der Waals surface area contributed by atoms with Crippen LogP contribution >= 0.6 is 0 Å². The van der Waals surface area contributed by atoms with E-state index in [1.165, 1.54) is 12.0 Å². The maximum absolute atomic E-state index is 5.68. The molecule has 0 spiro atoms. The fraction of sp³-hybridized carbons (Fsp3) is 0.538. The Bertz CT molecular complexity index is 273. The zero-order valence-electron chi connectivity index (χ0n) is 9.75. The van der Waals surface area contributed by atoms with Gasteiger partial charge in [0.1, 0.15) is 5.75 Å². The zero-order valence-corrected chi connectivity index (χ0v) is 9.75. The van der Waals surface area contributed by atoms with Crippen LogP contribution < -0.4 is 10.1 Å². The lowest BCUT2D eigenvalue weighted by molar-refractivity contribution is 0.306. The number of aryl methyl sites for hydroxylation is 1. The van der Waals surface area contributed by atoms with E-state index in [2.05, 4.69) is 25.2 Å². The average molecular weight is 207 g/mol. The standard InChI is InChI=1S/C13H21NO/c1-3-9-14-10-6-11-15-13-8-5-4-7-12(13)2/h4-5,7-8,14H,3,6,9-11H2,1-2H3. The normalized spacial score (nSPS) is 10.3. The van der Waals surface area contributed by atoms with Gasteiger partial charge in [-0.1, -0.05) is 25.1 Å². The second kappa shape index (κ2) is 7.30. The highest BCUT2D eigenvalue weighted by Crippen LogP contribution is 2.15. The first kappa shape index (κ1) is 12.1. The topological polar surface area (TPSA) is 21.3 Å². The summed E-state index contributed by atoms with van der Waals surface area (Å²) in [6.07, 6.45) is 2.26. The van der Waals surface area contributed by atoms with E-state index in [4.69, 9.17) is 4.74 Å². The lowest BCUT2D eigenvalue weighted by atomic mass is 10.2. The van der Waals surface area contributed by atoms with E-state index in [1.54, 1.807) is 0 Å². The summed E-state index contributed by atoms with van der Waals surface area (Å²) < 4.78 is 5.68. The van der Waals surface area contributed by atoms with Gasteiger partial charge in [0.2, 0.25) is 0 Å². The molecule has 0 aliphatic rings. The van der Waals surface area contributed by atoms with Crippen LogP contribution in [-0.4, -0.2) is 19.7 Å². The molecule has 1 rings (SSSR count). The molecule has 0 radical (unpaired) electrons. The molecule has 84 valence electrons. The number of benzene rings is 1. The van der Waals surface area contributed by atoms with E-state index < -0.39 is 0 Å². The summed E-state index contributed by atoms with van der Waals surface area (Å²) in [5.74, 6) is 1.01. The van der Waals surface area contributed by atoms with Crippen molar-refractivity contribution in [2.24, 2.45) is 0 Å². The maximum atomic E-state index is 5.68. The van der Waals surface area contributed by atoms with Crippen molar-refractivity contribution in [3.05, 3.63) is 29.8 Å². The van der Waals surface area contributed by atoms with Crippen molar-refractivity contribution >= 4 is 0 Å². The van der Waals surface area contributed by atoms with E-state index in [0.717, 1.165) is 31.9 Å². The molecular weight excluding hydrogens is 186 g/mol. The van der Waals surface area contributed by atoms with Gasteiger partial charge < -0.3 is 10.1 Å². The summed E-state index contributed by atoms with van der Waals surface area (Å²) >= 11 is 0. The second-order valence-electron chi connectivity index (χ2n) is 3.72. The number of hydrogen-bond donors (Lipinski definition) is 1. The molecule has 0 aliphatic heterocycles. The van der Waals surface area contributed by atoms with Crippen LogP contribution in [0.1, 0.15) is 25.3 Å². The van der Waals surface area contributed by atoms with Crippen LogP contribution in [-0.2, 0) is 0 Å². The molecule has 0 saturated heterocycles. The Labute approximate surface area is 92.6 Å². The quantitative estimate of drug-likeness (QED) is 0.694. The van der Waals surface area contributed by atoms with Gasteiger partial charge in [0.25, 0.3) is 0 Å². The van der Waals surface area contributed by atoms with Crippen molar-refractivity contribution in [2.75, 3.05) is 19.7 Å². The fourth-order valence-electron chi connectivity index (χ4n) is 1.40. The molecule has 0 fully saturated rings. The van der Waals surface area contributed by atoms with Crippen molar-refractivity contribution in [1.82, 2.24) is 5.32 Å². The van der Waals surface area contributed by atoms with Gasteiger partial charge in [-0.2, -0.15) is 0 Å². The van der Waals surface area contributed by atoms with Gasteiger partial charge in [0.15, 0.2) is 0 Å². The van der Waals surface area contributed by atoms with E-state index in [1.807, 2.05) is 18.2 Å². The third kappa shape index (κ3) is 4.84.